The fraction of sp³-hybridized carbons (Fsp3) is 0. The molecule has 0 saturated carbocycles. The quantitative estimate of drug-likeness (QED) is 0.597. The Hall–Kier alpha value is -2.23. The molecule has 2 N–H and O–H groups in total. The number of amidine groups is 1. The van der Waals surface area contributed by atoms with Crippen LogP contribution in [0.4, 0.5) is 10.1 Å². The molecule has 0 aliphatic rings. The second-order valence-electron chi connectivity index (χ2n) is 3.22. The van der Waals surface area contributed by atoms with E-state index < -0.39 is 0 Å². The molecule has 0 atom stereocenters. The van der Waals surface area contributed by atoms with Gasteiger partial charge in [0, 0.05) is 11.9 Å². The molecule has 0 saturated heterocycles. The maximum atomic E-state index is 12.7. The number of pyridine rings is 1. The molecule has 3 nitrogen and oxygen atoms in total. The third-order valence-electron chi connectivity index (χ3n) is 2.03. The molecule has 0 amide bonds. The van der Waals surface area contributed by atoms with Crippen molar-refractivity contribution in [2.75, 3.05) is 5.32 Å². The summed E-state index contributed by atoms with van der Waals surface area (Å²) in [4.78, 5) is 4.03. The normalized spacial score (nSPS) is 9.81. The molecule has 2 aromatic rings. The Bertz CT molecular complexity index is 479. The summed E-state index contributed by atoms with van der Waals surface area (Å²) in [5.41, 5.74) is 1.21. The largest absolute Gasteiger partial charge is 0.339 e. The molecule has 4 heteroatoms. The summed E-state index contributed by atoms with van der Waals surface area (Å²) in [6.45, 7) is 0. The Morgan fingerprint density at radius 2 is 1.88 bits per heavy atom. The number of aromatic nitrogens is 1. The molecule has 0 fully saturated rings. The van der Waals surface area contributed by atoms with Crippen LogP contribution in [0.2, 0.25) is 0 Å². The number of hydrogen-bond acceptors (Lipinski definition) is 2. The third kappa shape index (κ3) is 2.42. The van der Waals surface area contributed by atoms with Crippen molar-refractivity contribution in [3.05, 3.63) is 60.2 Å². The molecule has 0 unspecified atom stereocenters. The van der Waals surface area contributed by atoms with Gasteiger partial charge in [0.1, 0.15) is 17.3 Å². The SMILES string of the molecule is N=C(Nc1ccc(F)cc1)c1ccccn1. The fourth-order valence-electron chi connectivity index (χ4n) is 1.25. The number of benzene rings is 1. The molecule has 1 heterocycles. The molecule has 16 heavy (non-hydrogen) atoms. The van der Waals surface area contributed by atoms with E-state index in [2.05, 4.69) is 10.3 Å². The van der Waals surface area contributed by atoms with Gasteiger partial charge in [0.05, 0.1) is 0 Å². The molecule has 0 spiro atoms. The summed E-state index contributed by atoms with van der Waals surface area (Å²) in [5.74, 6) is -0.109. The molecule has 0 radical (unpaired) electrons. The van der Waals surface area contributed by atoms with Crippen LogP contribution in [-0.4, -0.2) is 10.8 Å². The van der Waals surface area contributed by atoms with Crippen molar-refractivity contribution in [2.24, 2.45) is 0 Å². The number of hydrogen-bond donors (Lipinski definition) is 2. The van der Waals surface area contributed by atoms with Crippen molar-refractivity contribution in [2.45, 2.75) is 0 Å². The van der Waals surface area contributed by atoms with Crippen molar-refractivity contribution >= 4 is 11.5 Å². The number of anilines is 1. The Morgan fingerprint density at radius 1 is 1.12 bits per heavy atom. The topological polar surface area (TPSA) is 48.8 Å². The first-order valence-corrected chi connectivity index (χ1v) is 4.78. The third-order valence-corrected chi connectivity index (χ3v) is 2.03. The molecular weight excluding hydrogens is 205 g/mol. The molecule has 80 valence electrons. The van der Waals surface area contributed by atoms with Crippen LogP contribution in [-0.2, 0) is 0 Å². The van der Waals surface area contributed by atoms with Crippen LogP contribution in [0, 0.1) is 11.2 Å². The van der Waals surface area contributed by atoms with E-state index in [4.69, 9.17) is 5.41 Å². The lowest BCUT2D eigenvalue weighted by Gasteiger charge is -2.06. The highest BCUT2D eigenvalue weighted by molar-refractivity contribution is 6.04. The maximum Gasteiger partial charge on any atom is 0.148 e. The van der Waals surface area contributed by atoms with Crippen LogP contribution in [0.5, 0.6) is 0 Å². The highest BCUT2D eigenvalue weighted by Gasteiger charge is 2.01. The van der Waals surface area contributed by atoms with Gasteiger partial charge in [0.25, 0.3) is 0 Å². The van der Waals surface area contributed by atoms with E-state index in [1.807, 2.05) is 6.07 Å². The highest BCUT2D eigenvalue weighted by Crippen LogP contribution is 2.09. The van der Waals surface area contributed by atoms with Crippen LogP contribution < -0.4 is 5.32 Å². The Morgan fingerprint density at radius 3 is 2.50 bits per heavy atom. The number of rotatable bonds is 2. The Kier molecular flexibility index (Phi) is 2.91. The van der Waals surface area contributed by atoms with Crippen LogP contribution in [0.3, 0.4) is 0 Å². The molecule has 0 aliphatic carbocycles. The van der Waals surface area contributed by atoms with E-state index in [9.17, 15) is 4.39 Å². The highest BCUT2D eigenvalue weighted by atomic mass is 19.1. The summed E-state index contributed by atoms with van der Waals surface area (Å²) in [5, 5.41) is 10.6. The van der Waals surface area contributed by atoms with Gasteiger partial charge < -0.3 is 5.32 Å². The van der Waals surface area contributed by atoms with E-state index in [0.717, 1.165) is 0 Å². The zero-order valence-corrected chi connectivity index (χ0v) is 8.44. The van der Waals surface area contributed by atoms with Gasteiger partial charge in [0.2, 0.25) is 0 Å². The van der Waals surface area contributed by atoms with Crippen molar-refractivity contribution in [3.63, 3.8) is 0 Å². The minimum Gasteiger partial charge on any atom is -0.339 e. The smallest absolute Gasteiger partial charge is 0.148 e. The zero-order valence-electron chi connectivity index (χ0n) is 8.44. The van der Waals surface area contributed by atoms with Gasteiger partial charge >= 0.3 is 0 Å². The predicted molar refractivity (Wildman–Crippen MR) is 61.1 cm³/mol. The lowest BCUT2D eigenvalue weighted by Crippen LogP contribution is -2.13. The lowest BCUT2D eigenvalue weighted by molar-refractivity contribution is 0.628. The fourth-order valence-corrected chi connectivity index (χ4v) is 1.25. The summed E-state index contributed by atoms with van der Waals surface area (Å²) >= 11 is 0. The van der Waals surface area contributed by atoms with Gasteiger partial charge in [-0.3, -0.25) is 10.4 Å². The van der Waals surface area contributed by atoms with Crippen molar-refractivity contribution < 1.29 is 4.39 Å². The van der Waals surface area contributed by atoms with Crippen molar-refractivity contribution in [1.29, 1.82) is 5.41 Å². The number of nitrogens with zero attached hydrogens (tertiary/aromatic N) is 1. The van der Waals surface area contributed by atoms with E-state index in [1.165, 1.54) is 12.1 Å². The van der Waals surface area contributed by atoms with Gasteiger partial charge in [-0.1, -0.05) is 6.07 Å². The van der Waals surface area contributed by atoms with Gasteiger partial charge in [-0.2, -0.15) is 0 Å². The van der Waals surface area contributed by atoms with E-state index in [1.54, 1.807) is 30.5 Å². The van der Waals surface area contributed by atoms with Crippen LogP contribution in [0.15, 0.2) is 48.7 Å². The van der Waals surface area contributed by atoms with Crippen molar-refractivity contribution in [1.82, 2.24) is 4.98 Å². The monoisotopic (exact) mass is 215 g/mol. The van der Waals surface area contributed by atoms with Crippen LogP contribution in [0.1, 0.15) is 5.69 Å². The first-order chi connectivity index (χ1) is 7.75. The summed E-state index contributed by atoms with van der Waals surface area (Å²) in [6.07, 6.45) is 1.62. The van der Waals surface area contributed by atoms with Crippen molar-refractivity contribution in [3.8, 4) is 0 Å². The average molecular weight is 215 g/mol. The van der Waals surface area contributed by atoms with Gasteiger partial charge in [0.15, 0.2) is 0 Å². The first-order valence-electron chi connectivity index (χ1n) is 4.78. The lowest BCUT2D eigenvalue weighted by atomic mass is 10.3. The van der Waals surface area contributed by atoms with E-state index in [0.29, 0.717) is 11.4 Å². The second kappa shape index (κ2) is 4.53. The van der Waals surface area contributed by atoms with E-state index in [-0.39, 0.29) is 11.7 Å². The second-order valence-corrected chi connectivity index (χ2v) is 3.22. The number of halogens is 1. The molecule has 1 aromatic carbocycles. The number of nitrogens with one attached hydrogen (secondary N) is 2. The van der Waals surface area contributed by atoms with Crippen LogP contribution >= 0.6 is 0 Å². The molecule has 0 aliphatic heterocycles. The average Bonchev–Trinajstić information content (AvgIpc) is 2.33. The van der Waals surface area contributed by atoms with E-state index >= 15 is 0 Å². The minimum atomic E-state index is -0.296. The van der Waals surface area contributed by atoms with Gasteiger partial charge in [-0.15, -0.1) is 0 Å². The molecule has 2 rings (SSSR count). The molecular formula is C12H10FN3. The minimum absolute atomic E-state index is 0.187. The van der Waals surface area contributed by atoms with Crippen LogP contribution in [0.25, 0.3) is 0 Å². The predicted octanol–water partition coefficient (Wildman–Crippen LogP) is 2.66. The Balaban J connectivity index is 2.11. The molecule has 0 bridgehead atoms. The summed E-state index contributed by atoms with van der Waals surface area (Å²) < 4.78 is 12.7. The standard InChI is InChI=1S/C12H10FN3/c13-9-4-6-10(7-5-9)16-12(14)11-3-1-2-8-15-11/h1-8H,(H2,14,16). The van der Waals surface area contributed by atoms with Gasteiger partial charge in [-0.25, -0.2) is 4.39 Å². The summed E-state index contributed by atoms with van der Waals surface area (Å²) in [6, 6.07) is 11.2. The summed E-state index contributed by atoms with van der Waals surface area (Å²) in [7, 11) is 0. The molecule has 1 aromatic heterocycles. The zero-order chi connectivity index (χ0) is 11.4. The maximum absolute atomic E-state index is 12.7. The Labute approximate surface area is 92.5 Å². The first kappa shape index (κ1) is 10.3. The van der Waals surface area contributed by atoms with Gasteiger partial charge in [-0.05, 0) is 36.4 Å².